The van der Waals surface area contributed by atoms with Crippen LogP contribution in [-0.4, -0.2) is 30.2 Å². The fraction of sp³-hybridized carbons (Fsp3) is 0.158. The van der Waals surface area contributed by atoms with E-state index in [0.717, 1.165) is 10.0 Å². The molecule has 6 nitrogen and oxygen atoms in total. The van der Waals surface area contributed by atoms with Crippen molar-refractivity contribution < 1.29 is 24.2 Å². The molecule has 0 radical (unpaired) electrons. The first-order chi connectivity index (χ1) is 12.5. The maximum atomic E-state index is 12.1. The molecule has 0 unspecified atom stereocenters. The number of anilines is 1. The van der Waals surface area contributed by atoms with Gasteiger partial charge in [-0.05, 0) is 55.5 Å². The predicted molar refractivity (Wildman–Crippen MR) is 103 cm³/mol. The van der Waals surface area contributed by atoms with Crippen molar-refractivity contribution >= 4 is 39.6 Å². The minimum Gasteiger partial charge on any atom is -0.493 e. The van der Waals surface area contributed by atoms with E-state index in [4.69, 9.17) is 14.6 Å². The monoisotopic (exact) mass is 419 g/mol. The highest BCUT2D eigenvalue weighted by Crippen LogP contribution is 2.24. The first-order valence-corrected chi connectivity index (χ1v) is 8.63. The van der Waals surface area contributed by atoms with Crippen LogP contribution in [0.5, 0.6) is 11.5 Å². The van der Waals surface area contributed by atoms with Crippen molar-refractivity contribution in [1.82, 2.24) is 0 Å². The molecule has 0 saturated carbocycles. The molecule has 0 heterocycles. The van der Waals surface area contributed by atoms with E-state index in [9.17, 15) is 9.59 Å². The Morgan fingerprint density at radius 1 is 1.15 bits per heavy atom. The smallest absolute Gasteiger partial charge is 0.341 e. The van der Waals surface area contributed by atoms with Gasteiger partial charge in [0.15, 0.2) is 6.61 Å². The van der Waals surface area contributed by atoms with E-state index in [-0.39, 0.29) is 5.91 Å². The molecule has 0 fully saturated rings. The lowest BCUT2D eigenvalue weighted by Gasteiger charge is -2.08. The highest BCUT2D eigenvalue weighted by Gasteiger charge is 2.04. The van der Waals surface area contributed by atoms with Gasteiger partial charge in [-0.15, -0.1) is 0 Å². The summed E-state index contributed by atoms with van der Waals surface area (Å²) in [6.45, 7) is 2.01. The molecule has 7 heteroatoms. The van der Waals surface area contributed by atoms with Crippen LogP contribution in [0.25, 0.3) is 6.08 Å². The zero-order valence-electron chi connectivity index (χ0n) is 14.1. The molecular formula is C19H18BrNO5. The number of hydrogen-bond acceptors (Lipinski definition) is 4. The lowest BCUT2D eigenvalue weighted by atomic mass is 10.2. The van der Waals surface area contributed by atoms with Crippen molar-refractivity contribution in [2.24, 2.45) is 0 Å². The number of halogens is 1. The van der Waals surface area contributed by atoms with Crippen LogP contribution in [0, 0.1) is 0 Å². The second-order valence-corrected chi connectivity index (χ2v) is 6.06. The van der Waals surface area contributed by atoms with Crippen LogP contribution in [0.3, 0.4) is 0 Å². The predicted octanol–water partition coefficient (Wildman–Crippen LogP) is 3.96. The number of benzene rings is 2. The molecule has 0 aliphatic carbocycles. The second kappa shape index (κ2) is 9.62. The normalized spacial score (nSPS) is 10.5. The molecule has 0 aliphatic rings. The van der Waals surface area contributed by atoms with Gasteiger partial charge in [0.1, 0.15) is 11.5 Å². The number of carbonyl (C=O) groups excluding carboxylic acids is 1. The van der Waals surface area contributed by atoms with Crippen LogP contribution in [0.4, 0.5) is 5.69 Å². The van der Waals surface area contributed by atoms with E-state index < -0.39 is 12.6 Å². The number of nitrogens with one attached hydrogen (secondary N) is 1. The van der Waals surface area contributed by atoms with Gasteiger partial charge in [-0.1, -0.05) is 15.9 Å². The Morgan fingerprint density at radius 2 is 1.88 bits per heavy atom. The van der Waals surface area contributed by atoms with E-state index in [1.807, 2.05) is 25.1 Å². The van der Waals surface area contributed by atoms with Crippen molar-refractivity contribution in [3.8, 4) is 11.5 Å². The quantitative estimate of drug-likeness (QED) is 0.632. The summed E-state index contributed by atoms with van der Waals surface area (Å²) in [5.74, 6) is -0.241. The van der Waals surface area contributed by atoms with Gasteiger partial charge in [0.2, 0.25) is 5.91 Å². The molecule has 0 aliphatic heterocycles. The van der Waals surface area contributed by atoms with E-state index >= 15 is 0 Å². The summed E-state index contributed by atoms with van der Waals surface area (Å²) in [7, 11) is 0. The van der Waals surface area contributed by atoms with Gasteiger partial charge in [-0.25, -0.2) is 4.79 Å². The summed E-state index contributed by atoms with van der Waals surface area (Å²) in [4.78, 5) is 22.5. The molecule has 2 rings (SSSR count). The molecule has 2 N–H and O–H groups in total. The summed E-state index contributed by atoms with van der Waals surface area (Å²) >= 11 is 3.40. The van der Waals surface area contributed by atoms with E-state index in [2.05, 4.69) is 21.2 Å². The van der Waals surface area contributed by atoms with Crippen LogP contribution in [0.2, 0.25) is 0 Å². The third-order valence-corrected chi connectivity index (χ3v) is 3.66. The molecule has 0 aromatic heterocycles. The molecule has 2 aromatic rings. The first kappa shape index (κ1) is 19.5. The lowest BCUT2D eigenvalue weighted by molar-refractivity contribution is -0.139. The number of ether oxygens (including phenoxy) is 2. The van der Waals surface area contributed by atoms with Crippen molar-refractivity contribution in [3.63, 3.8) is 0 Å². The number of amides is 1. The Morgan fingerprint density at radius 3 is 2.54 bits per heavy atom. The van der Waals surface area contributed by atoms with Crippen LogP contribution < -0.4 is 14.8 Å². The van der Waals surface area contributed by atoms with E-state index in [0.29, 0.717) is 23.8 Å². The van der Waals surface area contributed by atoms with E-state index in [1.54, 1.807) is 30.3 Å². The minimum absolute atomic E-state index is 0.299. The van der Waals surface area contributed by atoms with Gasteiger partial charge in [0.05, 0.1) is 6.61 Å². The van der Waals surface area contributed by atoms with Crippen LogP contribution in [-0.2, 0) is 9.59 Å². The molecule has 0 bridgehead atoms. The SMILES string of the molecule is CCOc1ccc(Br)cc1/C=C/C(=O)Nc1ccc(OCC(=O)O)cc1. The standard InChI is InChI=1S/C19H18BrNO5/c1-2-25-17-9-4-14(20)11-13(17)3-10-18(22)21-15-5-7-16(8-6-15)26-12-19(23)24/h3-11H,2,12H2,1H3,(H,21,22)(H,23,24)/b10-3+. The summed E-state index contributed by atoms with van der Waals surface area (Å²) in [5.41, 5.74) is 1.36. The Bertz CT molecular complexity index is 802. The Balaban J connectivity index is 1.99. The van der Waals surface area contributed by atoms with Crippen molar-refractivity contribution in [2.45, 2.75) is 6.92 Å². The molecule has 0 atom stereocenters. The Labute approximate surface area is 159 Å². The zero-order valence-corrected chi connectivity index (χ0v) is 15.7. The largest absolute Gasteiger partial charge is 0.493 e. The van der Waals surface area contributed by atoms with Crippen LogP contribution in [0.15, 0.2) is 53.0 Å². The zero-order chi connectivity index (χ0) is 18.9. The average molecular weight is 420 g/mol. The number of aliphatic carboxylic acids is 1. The molecular weight excluding hydrogens is 402 g/mol. The molecule has 1 amide bonds. The minimum atomic E-state index is -1.05. The van der Waals surface area contributed by atoms with E-state index in [1.165, 1.54) is 6.08 Å². The fourth-order valence-corrected chi connectivity index (χ4v) is 2.44. The summed E-state index contributed by atoms with van der Waals surface area (Å²) in [6.07, 6.45) is 3.09. The van der Waals surface area contributed by atoms with Gasteiger partial charge in [-0.2, -0.15) is 0 Å². The summed E-state index contributed by atoms with van der Waals surface area (Å²) < 4.78 is 11.5. The number of carboxylic acids is 1. The highest BCUT2D eigenvalue weighted by atomic mass is 79.9. The molecule has 26 heavy (non-hydrogen) atoms. The van der Waals surface area contributed by atoms with Crippen molar-refractivity contribution in [3.05, 3.63) is 58.6 Å². The van der Waals surface area contributed by atoms with Crippen LogP contribution >= 0.6 is 15.9 Å². The Hall–Kier alpha value is -2.80. The molecule has 0 saturated heterocycles. The number of rotatable bonds is 8. The highest BCUT2D eigenvalue weighted by molar-refractivity contribution is 9.10. The van der Waals surface area contributed by atoms with Crippen LogP contribution in [0.1, 0.15) is 12.5 Å². The maximum Gasteiger partial charge on any atom is 0.341 e. The second-order valence-electron chi connectivity index (χ2n) is 5.14. The van der Waals surface area contributed by atoms with Gasteiger partial charge in [0, 0.05) is 21.8 Å². The van der Waals surface area contributed by atoms with Gasteiger partial charge >= 0.3 is 5.97 Å². The molecule has 136 valence electrons. The average Bonchev–Trinajstić information content (AvgIpc) is 2.61. The topological polar surface area (TPSA) is 84.9 Å². The fourth-order valence-electron chi connectivity index (χ4n) is 2.07. The number of carbonyl (C=O) groups is 2. The number of carboxylic acid groups (broad SMARTS) is 1. The molecule has 2 aromatic carbocycles. The lowest BCUT2D eigenvalue weighted by Crippen LogP contribution is -2.10. The van der Waals surface area contributed by atoms with Crippen molar-refractivity contribution in [2.75, 3.05) is 18.5 Å². The first-order valence-electron chi connectivity index (χ1n) is 7.84. The summed E-state index contributed by atoms with van der Waals surface area (Å²) in [5, 5.41) is 11.3. The summed E-state index contributed by atoms with van der Waals surface area (Å²) in [6, 6.07) is 12.0. The van der Waals surface area contributed by atoms with Gasteiger partial charge in [-0.3, -0.25) is 4.79 Å². The Kier molecular flexibility index (Phi) is 7.23. The third kappa shape index (κ3) is 6.25. The third-order valence-electron chi connectivity index (χ3n) is 3.17. The van der Waals surface area contributed by atoms with Gasteiger partial charge < -0.3 is 19.9 Å². The number of hydrogen-bond donors (Lipinski definition) is 2. The van der Waals surface area contributed by atoms with Crippen molar-refractivity contribution in [1.29, 1.82) is 0 Å². The van der Waals surface area contributed by atoms with Gasteiger partial charge in [0.25, 0.3) is 0 Å². The maximum absolute atomic E-state index is 12.1. The molecule has 0 spiro atoms.